The zero-order valence-corrected chi connectivity index (χ0v) is 15.8. The van der Waals surface area contributed by atoms with Gasteiger partial charge in [0.1, 0.15) is 0 Å². The van der Waals surface area contributed by atoms with Gasteiger partial charge in [-0.25, -0.2) is 0 Å². The van der Waals surface area contributed by atoms with Crippen molar-refractivity contribution in [3.8, 4) is 0 Å². The Balaban J connectivity index is 1.58. The third kappa shape index (κ3) is 4.53. The highest BCUT2D eigenvalue weighted by Gasteiger charge is 2.23. The van der Waals surface area contributed by atoms with E-state index in [1.807, 2.05) is 0 Å². The second kappa shape index (κ2) is 8.38. The second-order valence-electron chi connectivity index (χ2n) is 8.37. The molecule has 0 aromatic heterocycles. The van der Waals surface area contributed by atoms with Crippen molar-refractivity contribution in [3.63, 3.8) is 0 Å². The largest absolute Gasteiger partial charge is 0.381 e. The number of ether oxygens (including phenoxy) is 1. The van der Waals surface area contributed by atoms with Crippen LogP contribution in [-0.4, -0.2) is 26.3 Å². The van der Waals surface area contributed by atoms with E-state index in [-0.39, 0.29) is 0 Å². The number of nitrogens with zero attached hydrogens (tertiary/aromatic N) is 1. The molecular weight excluding hydrogens is 294 g/mol. The quantitative estimate of drug-likeness (QED) is 0.739. The number of hydrogen-bond donors (Lipinski definition) is 0. The summed E-state index contributed by atoms with van der Waals surface area (Å²) in [5, 5.41) is 0. The molecule has 2 nitrogen and oxygen atoms in total. The van der Waals surface area contributed by atoms with Crippen molar-refractivity contribution in [2.45, 2.75) is 52.9 Å². The Kier molecular flexibility index (Phi) is 6.21. The Hall–Kier alpha value is -1.02. The van der Waals surface area contributed by atoms with Gasteiger partial charge in [0.2, 0.25) is 0 Å². The van der Waals surface area contributed by atoms with Crippen LogP contribution in [0.3, 0.4) is 0 Å². The van der Waals surface area contributed by atoms with Crippen LogP contribution in [0.4, 0.5) is 5.69 Å². The van der Waals surface area contributed by atoms with Gasteiger partial charge in [0.25, 0.3) is 0 Å². The molecular formula is C22H35NO. The molecule has 0 aliphatic carbocycles. The lowest BCUT2D eigenvalue weighted by atomic mass is 9.83. The standard InChI is InChI=1S/C22H35NO/c1-17(2)20-7-11-23(12-8-20)22-6-4-5-19(16-22)15-18(3)21-9-13-24-14-10-21/h4-6,16-18,20-21H,7-15H2,1-3H3. The van der Waals surface area contributed by atoms with E-state index in [1.54, 1.807) is 0 Å². The zero-order valence-electron chi connectivity index (χ0n) is 15.8. The van der Waals surface area contributed by atoms with Gasteiger partial charge in [-0.3, -0.25) is 0 Å². The molecule has 2 aliphatic rings. The average molecular weight is 330 g/mol. The lowest BCUT2D eigenvalue weighted by Crippen LogP contribution is -2.35. The van der Waals surface area contributed by atoms with Gasteiger partial charge in [0.05, 0.1) is 0 Å². The number of rotatable bonds is 5. The van der Waals surface area contributed by atoms with Crippen molar-refractivity contribution >= 4 is 5.69 Å². The summed E-state index contributed by atoms with van der Waals surface area (Å²) >= 11 is 0. The summed E-state index contributed by atoms with van der Waals surface area (Å²) in [6.45, 7) is 11.5. The van der Waals surface area contributed by atoms with Crippen LogP contribution < -0.4 is 4.90 Å². The molecule has 0 amide bonds. The molecule has 1 atom stereocenters. The van der Waals surface area contributed by atoms with Crippen molar-refractivity contribution in [2.75, 3.05) is 31.2 Å². The number of benzene rings is 1. The van der Waals surface area contributed by atoms with Gasteiger partial charge >= 0.3 is 0 Å². The Labute approximate surface area is 148 Å². The van der Waals surface area contributed by atoms with E-state index in [0.29, 0.717) is 0 Å². The molecule has 0 saturated carbocycles. The summed E-state index contributed by atoms with van der Waals surface area (Å²) in [4.78, 5) is 2.60. The molecule has 134 valence electrons. The van der Waals surface area contributed by atoms with Crippen LogP contribution in [0, 0.1) is 23.7 Å². The van der Waals surface area contributed by atoms with Crippen molar-refractivity contribution in [1.29, 1.82) is 0 Å². The first kappa shape index (κ1) is 17.8. The molecule has 24 heavy (non-hydrogen) atoms. The SMILES string of the molecule is CC(C)C1CCN(c2cccc(CC(C)C3CCOCC3)c2)CC1. The minimum atomic E-state index is 0.760. The maximum absolute atomic E-state index is 5.52. The summed E-state index contributed by atoms with van der Waals surface area (Å²) in [6, 6.07) is 9.33. The Morgan fingerprint density at radius 1 is 1.00 bits per heavy atom. The molecule has 0 radical (unpaired) electrons. The van der Waals surface area contributed by atoms with E-state index < -0.39 is 0 Å². The monoisotopic (exact) mass is 329 g/mol. The molecule has 1 unspecified atom stereocenters. The van der Waals surface area contributed by atoms with Crippen molar-refractivity contribution in [1.82, 2.24) is 0 Å². The van der Waals surface area contributed by atoms with Crippen LogP contribution in [0.15, 0.2) is 24.3 Å². The second-order valence-corrected chi connectivity index (χ2v) is 8.37. The fourth-order valence-electron chi connectivity index (χ4n) is 4.53. The first-order valence-electron chi connectivity index (χ1n) is 10.0. The van der Waals surface area contributed by atoms with Crippen molar-refractivity contribution in [3.05, 3.63) is 29.8 Å². The summed E-state index contributed by atoms with van der Waals surface area (Å²) in [6.07, 6.45) is 6.38. The molecule has 2 heteroatoms. The fourth-order valence-corrected chi connectivity index (χ4v) is 4.53. The van der Waals surface area contributed by atoms with Gasteiger partial charge in [0.15, 0.2) is 0 Å². The average Bonchev–Trinajstić information content (AvgIpc) is 2.63. The molecule has 1 aromatic carbocycles. The molecule has 0 N–H and O–H groups in total. The van der Waals surface area contributed by atoms with Crippen LogP contribution >= 0.6 is 0 Å². The van der Waals surface area contributed by atoms with Crippen LogP contribution in [0.25, 0.3) is 0 Å². The third-order valence-corrected chi connectivity index (χ3v) is 6.39. The van der Waals surface area contributed by atoms with E-state index in [9.17, 15) is 0 Å². The fraction of sp³-hybridized carbons (Fsp3) is 0.727. The minimum Gasteiger partial charge on any atom is -0.381 e. The number of anilines is 1. The predicted molar refractivity (Wildman–Crippen MR) is 103 cm³/mol. The van der Waals surface area contributed by atoms with E-state index in [0.717, 1.165) is 36.9 Å². The molecule has 3 rings (SSSR count). The van der Waals surface area contributed by atoms with E-state index in [1.165, 1.54) is 56.4 Å². The molecule has 2 heterocycles. The smallest absolute Gasteiger partial charge is 0.0468 e. The highest BCUT2D eigenvalue weighted by Crippen LogP contribution is 2.30. The summed E-state index contributed by atoms with van der Waals surface area (Å²) in [5.74, 6) is 3.34. The Morgan fingerprint density at radius 3 is 2.38 bits per heavy atom. The molecule has 0 bridgehead atoms. The Morgan fingerprint density at radius 2 is 1.71 bits per heavy atom. The third-order valence-electron chi connectivity index (χ3n) is 6.39. The summed E-state index contributed by atoms with van der Waals surface area (Å²) in [5.41, 5.74) is 2.95. The van der Waals surface area contributed by atoms with Crippen LogP contribution in [0.2, 0.25) is 0 Å². The van der Waals surface area contributed by atoms with Crippen LogP contribution in [0.5, 0.6) is 0 Å². The van der Waals surface area contributed by atoms with Gasteiger partial charge < -0.3 is 9.64 Å². The van der Waals surface area contributed by atoms with Gasteiger partial charge in [0, 0.05) is 32.0 Å². The minimum absolute atomic E-state index is 0.760. The van der Waals surface area contributed by atoms with Gasteiger partial charge in [-0.05, 0) is 73.5 Å². The summed E-state index contributed by atoms with van der Waals surface area (Å²) < 4.78 is 5.52. The lowest BCUT2D eigenvalue weighted by molar-refractivity contribution is 0.0495. The van der Waals surface area contributed by atoms with Crippen LogP contribution in [-0.2, 0) is 11.2 Å². The zero-order chi connectivity index (χ0) is 16.9. The van der Waals surface area contributed by atoms with E-state index >= 15 is 0 Å². The lowest BCUT2D eigenvalue weighted by Gasteiger charge is -2.35. The highest BCUT2D eigenvalue weighted by molar-refractivity contribution is 5.49. The van der Waals surface area contributed by atoms with Crippen LogP contribution in [0.1, 0.15) is 52.0 Å². The van der Waals surface area contributed by atoms with Crippen molar-refractivity contribution in [2.24, 2.45) is 23.7 Å². The highest BCUT2D eigenvalue weighted by atomic mass is 16.5. The van der Waals surface area contributed by atoms with Gasteiger partial charge in [-0.2, -0.15) is 0 Å². The molecule has 2 fully saturated rings. The first-order valence-corrected chi connectivity index (χ1v) is 10.0. The first-order chi connectivity index (χ1) is 11.6. The maximum atomic E-state index is 5.52. The topological polar surface area (TPSA) is 12.5 Å². The van der Waals surface area contributed by atoms with E-state index in [2.05, 4.69) is 49.9 Å². The maximum Gasteiger partial charge on any atom is 0.0468 e. The predicted octanol–water partition coefficient (Wildman–Crippen LogP) is 5.16. The molecule has 2 aliphatic heterocycles. The number of hydrogen-bond acceptors (Lipinski definition) is 2. The van der Waals surface area contributed by atoms with Crippen molar-refractivity contribution < 1.29 is 4.74 Å². The normalized spacial score (nSPS) is 22.1. The van der Waals surface area contributed by atoms with Gasteiger partial charge in [-0.1, -0.05) is 32.9 Å². The molecule has 1 aromatic rings. The Bertz CT molecular complexity index is 498. The van der Waals surface area contributed by atoms with E-state index in [4.69, 9.17) is 4.74 Å². The molecule has 2 saturated heterocycles. The van der Waals surface area contributed by atoms with Gasteiger partial charge in [-0.15, -0.1) is 0 Å². The summed E-state index contributed by atoms with van der Waals surface area (Å²) in [7, 11) is 0. The molecule has 0 spiro atoms. The number of piperidine rings is 1.